The van der Waals surface area contributed by atoms with E-state index < -0.39 is 11.6 Å². The first-order chi connectivity index (χ1) is 7.92. The molecule has 5 nitrogen and oxygen atoms in total. The highest BCUT2D eigenvalue weighted by atomic mass is 16.6. The minimum Gasteiger partial charge on any atom is -0.460 e. The maximum Gasteiger partial charge on any atom is 0.308 e. The van der Waals surface area contributed by atoms with Crippen LogP contribution in [0.2, 0.25) is 0 Å². The second-order valence-electron chi connectivity index (χ2n) is 4.73. The van der Waals surface area contributed by atoms with Crippen LogP contribution in [0.25, 0.3) is 0 Å². The third kappa shape index (κ3) is 4.93. The highest BCUT2D eigenvalue weighted by molar-refractivity contribution is 5.70. The van der Waals surface area contributed by atoms with E-state index >= 15 is 0 Å². The molecule has 1 heterocycles. The number of pyridine rings is 1. The SMILES string of the molecule is CC(C)(C)OC(=O)CC(NO)c1ccccn1. The lowest BCUT2D eigenvalue weighted by Crippen LogP contribution is -2.28. The van der Waals surface area contributed by atoms with Crippen molar-refractivity contribution in [1.82, 2.24) is 10.5 Å². The molecule has 0 aliphatic heterocycles. The molecule has 0 saturated carbocycles. The predicted octanol–water partition coefficient (Wildman–Crippen LogP) is 1.83. The molecule has 5 heteroatoms. The van der Waals surface area contributed by atoms with Gasteiger partial charge in [-0.25, -0.2) is 0 Å². The van der Waals surface area contributed by atoms with Gasteiger partial charge in [0.05, 0.1) is 18.2 Å². The topological polar surface area (TPSA) is 71.5 Å². The first kappa shape index (κ1) is 13.6. The first-order valence-electron chi connectivity index (χ1n) is 5.45. The molecule has 1 rings (SSSR count). The van der Waals surface area contributed by atoms with E-state index in [-0.39, 0.29) is 12.4 Å². The number of esters is 1. The highest BCUT2D eigenvalue weighted by Crippen LogP contribution is 2.16. The molecule has 17 heavy (non-hydrogen) atoms. The van der Waals surface area contributed by atoms with E-state index in [2.05, 4.69) is 10.5 Å². The van der Waals surface area contributed by atoms with Crippen molar-refractivity contribution in [2.45, 2.75) is 38.8 Å². The maximum absolute atomic E-state index is 11.6. The van der Waals surface area contributed by atoms with Crippen LogP contribution < -0.4 is 5.48 Å². The Balaban J connectivity index is 2.62. The Morgan fingerprint density at radius 3 is 2.71 bits per heavy atom. The second-order valence-corrected chi connectivity index (χ2v) is 4.73. The molecule has 0 radical (unpaired) electrons. The summed E-state index contributed by atoms with van der Waals surface area (Å²) >= 11 is 0. The average molecular weight is 238 g/mol. The second kappa shape index (κ2) is 5.75. The standard InChI is InChI=1S/C12H18N2O3/c1-12(2,3)17-11(15)8-10(14-16)9-6-4-5-7-13-9/h4-7,10,14,16H,8H2,1-3H3. The van der Waals surface area contributed by atoms with E-state index in [4.69, 9.17) is 9.94 Å². The normalized spacial score (nSPS) is 13.2. The van der Waals surface area contributed by atoms with Gasteiger partial charge in [0, 0.05) is 6.20 Å². The van der Waals surface area contributed by atoms with E-state index in [1.807, 2.05) is 0 Å². The van der Waals surface area contributed by atoms with E-state index in [1.54, 1.807) is 45.2 Å². The zero-order chi connectivity index (χ0) is 12.9. The summed E-state index contributed by atoms with van der Waals surface area (Å²) in [6.07, 6.45) is 1.64. The third-order valence-electron chi connectivity index (χ3n) is 1.99. The number of carbonyl (C=O) groups excluding carboxylic acids is 1. The molecule has 1 atom stereocenters. The van der Waals surface area contributed by atoms with Gasteiger partial charge in [0.1, 0.15) is 5.60 Å². The molecular weight excluding hydrogens is 220 g/mol. The zero-order valence-electron chi connectivity index (χ0n) is 10.3. The Bertz CT molecular complexity index is 360. The number of rotatable bonds is 4. The van der Waals surface area contributed by atoms with E-state index in [0.29, 0.717) is 5.69 Å². The average Bonchev–Trinajstić information content (AvgIpc) is 2.24. The van der Waals surface area contributed by atoms with Crippen molar-refractivity contribution in [3.63, 3.8) is 0 Å². The summed E-state index contributed by atoms with van der Waals surface area (Å²) in [5.41, 5.74) is 2.14. The number of carbonyl (C=O) groups is 1. The van der Waals surface area contributed by atoms with Crippen molar-refractivity contribution in [3.05, 3.63) is 30.1 Å². The molecule has 1 aromatic heterocycles. The Morgan fingerprint density at radius 2 is 2.24 bits per heavy atom. The molecule has 0 fully saturated rings. The number of aromatic nitrogens is 1. The van der Waals surface area contributed by atoms with Gasteiger partial charge < -0.3 is 9.94 Å². The van der Waals surface area contributed by atoms with Gasteiger partial charge in [-0.3, -0.25) is 9.78 Å². The number of nitrogens with one attached hydrogen (secondary N) is 1. The van der Waals surface area contributed by atoms with Crippen LogP contribution in [0.3, 0.4) is 0 Å². The lowest BCUT2D eigenvalue weighted by atomic mass is 10.1. The smallest absolute Gasteiger partial charge is 0.308 e. The molecule has 0 spiro atoms. The van der Waals surface area contributed by atoms with Crippen LogP contribution in [-0.4, -0.2) is 21.8 Å². The van der Waals surface area contributed by atoms with Gasteiger partial charge in [0.25, 0.3) is 0 Å². The summed E-state index contributed by atoms with van der Waals surface area (Å²) in [5, 5.41) is 9.03. The molecule has 2 N–H and O–H groups in total. The fourth-order valence-corrected chi connectivity index (χ4v) is 1.35. The number of ether oxygens (including phenoxy) is 1. The van der Waals surface area contributed by atoms with E-state index in [1.165, 1.54) is 0 Å². The summed E-state index contributed by atoms with van der Waals surface area (Å²) in [4.78, 5) is 15.7. The van der Waals surface area contributed by atoms with Gasteiger partial charge in [-0.2, -0.15) is 5.48 Å². The molecule has 1 aromatic rings. The molecular formula is C12H18N2O3. The van der Waals surface area contributed by atoms with Crippen LogP contribution in [0.5, 0.6) is 0 Å². The number of hydrogen-bond donors (Lipinski definition) is 2. The molecule has 0 aliphatic carbocycles. The molecule has 0 bridgehead atoms. The summed E-state index contributed by atoms with van der Waals surface area (Å²) < 4.78 is 5.17. The molecule has 1 unspecified atom stereocenters. The quantitative estimate of drug-likeness (QED) is 0.618. The Morgan fingerprint density at radius 1 is 1.53 bits per heavy atom. The monoisotopic (exact) mass is 238 g/mol. The highest BCUT2D eigenvalue weighted by Gasteiger charge is 2.21. The predicted molar refractivity (Wildman–Crippen MR) is 62.4 cm³/mol. The Kier molecular flexibility index (Phi) is 4.60. The van der Waals surface area contributed by atoms with Gasteiger partial charge in [-0.15, -0.1) is 0 Å². The molecule has 0 amide bonds. The third-order valence-corrected chi connectivity index (χ3v) is 1.99. The Hall–Kier alpha value is -1.46. The maximum atomic E-state index is 11.6. The molecule has 0 aliphatic rings. The summed E-state index contributed by atoms with van der Waals surface area (Å²) in [6, 6.07) is 4.75. The first-order valence-corrected chi connectivity index (χ1v) is 5.45. The summed E-state index contributed by atoms with van der Waals surface area (Å²) in [6.45, 7) is 5.40. The van der Waals surface area contributed by atoms with Crippen molar-refractivity contribution in [1.29, 1.82) is 0 Å². The van der Waals surface area contributed by atoms with Gasteiger partial charge in [-0.1, -0.05) is 6.07 Å². The lowest BCUT2D eigenvalue weighted by molar-refractivity contribution is -0.156. The van der Waals surface area contributed by atoms with Crippen molar-refractivity contribution in [2.24, 2.45) is 0 Å². The fourth-order valence-electron chi connectivity index (χ4n) is 1.35. The minimum atomic E-state index is -0.550. The lowest BCUT2D eigenvalue weighted by Gasteiger charge is -2.21. The van der Waals surface area contributed by atoms with Crippen LogP contribution in [0.4, 0.5) is 0 Å². The van der Waals surface area contributed by atoms with Crippen molar-refractivity contribution in [3.8, 4) is 0 Å². The van der Waals surface area contributed by atoms with Gasteiger partial charge in [-0.05, 0) is 32.9 Å². The van der Waals surface area contributed by atoms with Crippen LogP contribution >= 0.6 is 0 Å². The number of hydroxylamine groups is 1. The van der Waals surface area contributed by atoms with Crippen molar-refractivity contribution >= 4 is 5.97 Å². The Labute approximate surface area is 101 Å². The number of hydrogen-bond acceptors (Lipinski definition) is 5. The van der Waals surface area contributed by atoms with Gasteiger partial charge in [0.15, 0.2) is 0 Å². The summed E-state index contributed by atoms with van der Waals surface area (Å²) in [7, 11) is 0. The van der Waals surface area contributed by atoms with Gasteiger partial charge in [0.2, 0.25) is 0 Å². The van der Waals surface area contributed by atoms with Crippen molar-refractivity contribution < 1.29 is 14.7 Å². The largest absolute Gasteiger partial charge is 0.460 e. The van der Waals surface area contributed by atoms with E-state index in [9.17, 15) is 4.79 Å². The molecule has 0 saturated heterocycles. The molecule has 94 valence electrons. The van der Waals surface area contributed by atoms with Crippen LogP contribution in [-0.2, 0) is 9.53 Å². The minimum absolute atomic E-state index is 0.0325. The van der Waals surface area contributed by atoms with Gasteiger partial charge >= 0.3 is 5.97 Å². The van der Waals surface area contributed by atoms with Crippen molar-refractivity contribution in [2.75, 3.05) is 0 Å². The van der Waals surface area contributed by atoms with Crippen LogP contribution in [0.1, 0.15) is 38.9 Å². The van der Waals surface area contributed by atoms with Crippen LogP contribution in [0, 0.1) is 0 Å². The number of nitrogens with zero attached hydrogens (tertiary/aromatic N) is 1. The van der Waals surface area contributed by atoms with E-state index in [0.717, 1.165) is 0 Å². The fraction of sp³-hybridized carbons (Fsp3) is 0.500. The zero-order valence-corrected chi connectivity index (χ0v) is 10.3. The van der Waals surface area contributed by atoms with Crippen LogP contribution in [0.15, 0.2) is 24.4 Å². The summed E-state index contributed by atoms with van der Waals surface area (Å²) in [5.74, 6) is -0.380. The molecule has 0 aromatic carbocycles.